The smallest absolute Gasteiger partial charge is 0.414 e. The van der Waals surface area contributed by atoms with Gasteiger partial charge in [0.2, 0.25) is 0 Å². The lowest BCUT2D eigenvalue weighted by Gasteiger charge is -2.43. The van der Waals surface area contributed by atoms with Gasteiger partial charge in [-0.2, -0.15) is 0 Å². The Balaban J connectivity index is 0. The van der Waals surface area contributed by atoms with Crippen molar-refractivity contribution in [2.45, 2.75) is 92.1 Å². The highest BCUT2D eigenvalue weighted by atomic mass is 35.5. The molecule has 0 aliphatic carbocycles. The number of ether oxygens (including phenoxy) is 1. The Hall–Kier alpha value is -4.09. The molecular formula is C40H60ClF3N4O4. The van der Waals surface area contributed by atoms with Gasteiger partial charge in [0.15, 0.2) is 0 Å². The molecule has 4 rings (SSSR count). The number of aromatic carboxylic acids is 1. The van der Waals surface area contributed by atoms with E-state index < -0.39 is 23.2 Å². The van der Waals surface area contributed by atoms with Gasteiger partial charge in [-0.3, -0.25) is 14.2 Å². The summed E-state index contributed by atoms with van der Waals surface area (Å²) in [5.41, 5.74) is 1.91. The zero-order valence-corrected chi connectivity index (χ0v) is 32.8. The van der Waals surface area contributed by atoms with Gasteiger partial charge >= 0.3 is 12.1 Å². The quantitative estimate of drug-likeness (QED) is 0.134. The molecule has 2 aliphatic rings. The Kier molecular flexibility index (Phi) is 28.4. The first-order valence-electron chi connectivity index (χ1n) is 17.6. The predicted octanol–water partition coefficient (Wildman–Crippen LogP) is 11.1. The molecule has 3 N–H and O–H groups in total. The van der Waals surface area contributed by atoms with Crippen LogP contribution in [0.25, 0.3) is 0 Å². The Morgan fingerprint density at radius 1 is 0.962 bits per heavy atom. The standard InChI is InChI=1S/C26H34ClN3O4.C6H4F2.C3H7N.2C2H6.CH3F/c1-3-4-7-20(2)28-23(27)12-17-29-16-6-5-13-26(14-18-29)15-19-30(25(33)34-26)22-10-8-21(9-11-22)24(31)32;7-5-1-2-6(8)4-3-5;1-3(2)4;3*1-2/h3,8-12,28H,1-2,4-7,13-19H2,(H,31,32);1-4H;4H,1-2H3;2*1-2H3;1H3/b23-12+;;;;;. The van der Waals surface area contributed by atoms with E-state index in [1.807, 2.05) is 39.8 Å². The zero-order valence-electron chi connectivity index (χ0n) is 32.0. The van der Waals surface area contributed by atoms with E-state index in [0.717, 1.165) is 88.0 Å². The highest BCUT2D eigenvalue weighted by molar-refractivity contribution is 6.29. The molecule has 2 heterocycles. The minimum Gasteiger partial charge on any atom is -0.478 e. The molecule has 52 heavy (non-hydrogen) atoms. The average Bonchev–Trinajstić information content (AvgIpc) is 3.13. The summed E-state index contributed by atoms with van der Waals surface area (Å²) in [4.78, 5) is 27.9. The average molecular weight is 753 g/mol. The van der Waals surface area contributed by atoms with E-state index in [1.54, 1.807) is 30.9 Å². The van der Waals surface area contributed by atoms with Crippen LogP contribution in [0.4, 0.5) is 23.7 Å². The highest BCUT2D eigenvalue weighted by Crippen LogP contribution is 2.35. The number of carboxylic acids is 1. The van der Waals surface area contributed by atoms with Crippen LogP contribution >= 0.6 is 11.6 Å². The molecule has 2 aromatic carbocycles. The largest absolute Gasteiger partial charge is 0.478 e. The van der Waals surface area contributed by atoms with Gasteiger partial charge in [0.05, 0.1) is 12.7 Å². The summed E-state index contributed by atoms with van der Waals surface area (Å²) in [6.07, 6.45) is 9.50. The van der Waals surface area contributed by atoms with Crippen molar-refractivity contribution in [3.63, 3.8) is 0 Å². The van der Waals surface area contributed by atoms with Crippen molar-refractivity contribution in [2.24, 2.45) is 0 Å². The summed E-state index contributed by atoms with van der Waals surface area (Å²) in [6, 6.07) is 10.6. The van der Waals surface area contributed by atoms with Crippen LogP contribution < -0.4 is 10.2 Å². The SMILES string of the molecule is C=CCCC(=C)N/C(Cl)=C/CN1CCCCC2(CC1)CCN(c1ccc(C(=O)O)cc1)C(=O)O2.CC.CC.CC(C)=N.CF.Fc1ccc(F)cc1. The number of alkyl halides is 1. The number of rotatable bonds is 9. The molecule has 12 heteroatoms. The van der Waals surface area contributed by atoms with Crippen LogP contribution in [0.5, 0.6) is 0 Å². The van der Waals surface area contributed by atoms with Crippen LogP contribution in [0.3, 0.4) is 0 Å². The molecule has 2 aliphatic heterocycles. The van der Waals surface area contributed by atoms with E-state index in [9.17, 15) is 22.8 Å². The molecular weight excluding hydrogens is 693 g/mol. The summed E-state index contributed by atoms with van der Waals surface area (Å²) in [7, 11) is 0.500. The molecule has 0 aromatic heterocycles. The van der Waals surface area contributed by atoms with Crippen molar-refractivity contribution in [1.82, 2.24) is 10.2 Å². The number of likely N-dealkylation sites (tertiary alicyclic amines) is 1. The first-order valence-corrected chi connectivity index (χ1v) is 18.0. The maximum atomic E-state index is 12.9. The first kappa shape index (κ1) is 50.0. The minimum atomic E-state index is -0.990. The molecule has 0 saturated carbocycles. The number of carboxylic acid groups (broad SMARTS) is 1. The zero-order chi connectivity index (χ0) is 40.1. The summed E-state index contributed by atoms with van der Waals surface area (Å²) in [5.74, 6) is -1.81. The predicted molar refractivity (Wildman–Crippen MR) is 210 cm³/mol. The summed E-state index contributed by atoms with van der Waals surface area (Å²) in [6.45, 7) is 22.3. The van der Waals surface area contributed by atoms with Gasteiger partial charge in [-0.25, -0.2) is 18.4 Å². The maximum Gasteiger partial charge on any atom is 0.414 e. The first-order chi connectivity index (χ1) is 24.8. The normalized spacial score (nSPS) is 16.6. The summed E-state index contributed by atoms with van der Waals surface area (Å²) < 4.78 is 39.4. The Bertz CT molecular complexity index is 1330. The molecule has 0 bridgehead atoms. The molecule has 8 nitrogen and oxygen atoms in total. The van der Waals surface area contributed by atoms with Gasteiger partial charge < -0.3 is 20.6 Å². The molecule has 1 amide bonds. The number of allylic oxidation sites excluding steroid dienone is 2. The molecule has 2 fully saturated rings. The second-order valence-corrected chi connectivity index (χ2v) is 11.8. The van der Waals surface area contributed by atoms with E-state index >= 15 is 0 Å². The van der Waals surface area contributed by atoms with E-state index in [-0.39, 0.29) is 11.7 Å². The Morgan fingerprint density at radius 3 is 1.96 bits per heavy atom. The Morgan fingerprint density at radius 2 is 1.48 bits per heavy atom. The third-order valence-electron chi connectivity index (χ3n) is 7.26. The highest BCUT2D eigenvalue weighted by Gasteiger charge is 2.41. The molecule has 2 aromatic rings. The van der Waals surface area contributed by atoms with Crippen LogP contribution in [0.15, 0.2) is 84.7 Å². The molecule has 1 unspecified atom stereocenters. The summed E-state index contributed by atoms with van der Waals surface area (Å²) in [5, 5.41) is 19.3. The van der Waals surface area contributed by atoms with Gasteiger partial charge in [0, 0.05) is 49.6 Å². The minimum absolute atomic E-state index is 0.191. The summed E-state index contributed by atoms with van der Waals surface area (Å²) >= 11 is 6.34. The maximum absolute atomic E-state index is 12.9. The topological polar surface area (TPSA) is 106 Å². The van der Waals surface area contributed by atoms with Gasteiger partial charge in [-0.15, -0.1) is 6.58 Å². The van der Waals surface area contributed by atoms with Gasteiger partial charge in [0.1, 0.15) is 22.4 Å². The van der Waals surface area contributed by atoms with Crippen LogP contribution in [0.1, 0.15) is 96.8 Å². The monoisotopic (exact) mass is 752 g/mol. The van der Waals surface area contributed by atoms with Crippen molar-refractivity contribution in [3.8, 4) is 0 Å². The fourth-order valence-electron chi connectivity index (χ4n) is 4.83. The van der Waals surface area contributed by atoms with E-state index in [1.165, 1.54) is 12.1 Å². The van der Waals surface area contributed by atoms with Gasteiger partial charge in [-0.1, -0.05) is 52.0 Å². The second-order valence-electron chi connectivity index (χ2n) is 11.4. The lowest BCUT2D eigenvalue weighted by atomic mass is 9.86. The van der Waals surface area contributed by atoms with Crippen molar-refractivity contribution in [3.05, 3.63) is 102 Å². The van der Waals surface area contributed by atoms with Crippen molar-refractivity contribution >= 4 is 35.1 Å². The molecule has 292 valence electrons. The van der Waals surface area contributed by atoms with Crippen LogP contribution in [0, 0.1) is 17.0 Å². The van der Waals surface area contributed by atoms with Crippen LogP contribution in [-0.2, 0) is 4.74 Å². The number of nitrogens with zero attached hydrogens (tertiary/aromatic N) is 2. The number of nitrogens with one attached hydrogen (secondary N) is 2. The fraction of sp³-hybridized carbons (Fsp3) is 0.475. The third kappa shape index (κ3) is 21.3. The lowest BCUT2D eigenvalue weighted by molar-refractivity contribution is -0.0297. The number of carbonyl (C=O) groups is 2. The number of hydrogen-bond acceptors (Lipinski definition) is 6. The third-order valence-corrected chi connectivity index (χ3v) is 7.51. The van der Waals surface area contributed by atoms with Crippen molar-refractivity contribution in [1.29, 1.82) is 5.41 Å². The number of anilines is 1. The number of carbonyl (C=O) groups excluding carboxylic acids is 1. The van der Waals surface area contributed by atoms with Crippen molar-refractivity contribution < 1.29 is 32.6 Å². The van der Waals surface area contributed by atoms with Gasteiger partial charge in [0.25, 0.3) is 0 Å². The molecule has 0 radical (unpaired) electrons. The fourth-order valence-corrected chi connectivity index (χ4v) is 5.03. The molecule has 2 saturated heterocycles. The number of amides is 1. The van der Waals surface area contributed by atoms with E-state index in [0.29, 0.717) is 36.8 Å². The van der Waals surface area contributed by atoms with Crippen LogP contribution in [0.2, 0.25) is 0 Å². The Labute approximate surface area is 314 Å². The molecule has 1 spiro atoms. The van der Waals surface area contributed by atoms with Crippen LogP contribution in [-0.4, -0.2) is 66.7 Å². The second kappa shape index (κ2) is 29.5. The number of halogens is 4. The van der Waals surface area contributed by atoms with E-state index in [2.05, 4.69) is 23.4 Å². The lowest BCUT2D eigenvalue weighted by Crippen LogP contribution is -2.51. The van der Waals surface area contributed by atoms with Gasteiger partial charge in [-0.05, 0) is 107 Å². The van der Waals surface area contributed by atoms with Crippen molar-refractivity contribution in [2.75, 3.05) is 38.3 Å². The number of benzene rings is 2. The molecule has 1 atom stereocenters. The van der Waals surface area contributed by atoms with E-state index in [4.69, 9.17) is 26.9 Å². The number of hydrogen-bond donors (Lipinski definition) is 3.